The minimum Gasteiger partial charge on any atom is -0.463 e. The molecule has 1 amide bonds. The van der Waals surface area contributed by atoms with Crippen molar-refractivity contribution in [1.82, 2.24) is 4.72 Å². The third-order valence-corrected chi connectivity index (χ3v) is 7.62. The molecule has 1 aromatic heterocycles. The van der Waals surface area contributed by atoms with Crippen molar-refractivity contribution in [3.05, 3.63) is 69.1 Å². The number of nitrogens with zero attached hydrogens (tertiary/aromatic N) is 1. The van der Waals surface area contributed by atoms with Crippen LogP contribution < -0.4 is 4.72 Å². The number of alkyl halides is 3. The topological polar surface area (TPSA) is 73.1 Å². The summed E-state index contributed by atoms with van der Waals surface area (Å²) in [5.41, 5.74) is -2.72. The first-order chi connectivity index (χ1) is 16.1. The lowest BCUT2D eigenvalue weighted by Crippen LogP contribution is -2.42. The van der Waals surface area contributed by atoms with Crippen molar-refractivity contribution in [3.8, 4) is 0 Å². The smallest absolute Gasteiger partial charge is 0.435 e. The van der Waals surface area contributed by atoms with Gasteiger partial charge in [0.1, 0.15) is 5.58 Å². The molecule has 0 bridgehead atoms. The second kappa shape index (κ2) is 8.33. The summed E-state index contributed by atoms with van der Waals surface area (Å²) in [6, 6.07) is 6.11. The summed E-state index contributed by atoms with van der Waals surface area (Å²) < 4.78 is 70.1. The van der Waals surface area contributed by atoms with Crippen LogP contribution in [0.5, 0.6) is 0 Å². The molecule has 3 heterocycles. The Bertz CT molecular complexity index is 1320. The lowest BCUT2D eigenvalue weighted by molar-refractivity contribution is -0.275. The fourth-order valence-electron chi connectivity index (χ4n) is 3.78. The number of carbonyl (C=O) groups excluding carboxylic acids is 1. The summed E-state index contributed by atoms with van der Waals surface area (Å²) in [4.78, 5) is 17.6. The number of fused-ring (bicyclic) bond motifs is 1. The van der Waals surface area contributed by atoms with E-state index in [9.17, 15) is 22.4 Å². The minimum atomic E-state index is -4.94. The summed E-state index contributed by atoms with van der Waals surface area (Å²) >= 11 is 10.7. The lowest BCUT2D eigenvalue weighted by Gasteiger charge is -2.30. The summed E-state index contributed by atoms with van der Waals surface area (Å²) in [5.74, 6) is -0.477. The van der Waals surface area contributed by atoms with Crippen molar-refractivity contribution in [3.63, 3.8) is 0 Å². The SMILES string of the molecule is O=C(N[SH]1COC1)c1ccc(C2=NOC(c3cc(Cl)c(F)c(Cl)c3)(C(F)(F)F)C2)c2ccoc12. The van der Waals surface area contributed by atoms with Crippen LogP contribution in [0.25, 0.3) is 11.0 Å². The number of hydrogen-bond acceptors (Lipinski definition) is 5. The third-order valence-electron chi connectivity index (χ3n) is 5.56. The molecule has 34 heavy (non-hydrogen) atoms. The number of carbonyl (C=O) groups is 1. The average Bonchev–Trinajstić information content (AvgIpc) is 3.41. The number of thiol groups is 1. The molecular weight excluding hydrogens is 523 g/mol. The number of amides is 1. The number of benzene rings is 2. The van der Waals surface area contributed by atoms with Gasteiger partial charge in [0.2, 0.25) is 0 Å². The molecule has 13 heteroatoms. The van der Waals surface area contributed by atoms with Crippen molar-refractivity contribution in [2.75, 3.05) is 11.9 Å². The molecule has 180 valence electrons. The number of furan rings is 1. The Hall–Kier alpha value is -2.47. The van der Waals surface area contributed by atoms with Crippen molar-refractivity contribution in [2.45, 2.75) is 18.2 Å². The van der Waals surface area contributed by atoms with Gasteiger partial charge in [0, 0.05) is 22.9 Å². The number of nitrogens with one attached hydrogen (secondary N) is 1. The molecule has 1 N–H and O–H groups in total. The minimum absolute atomic E-state index is 0.0379. The lowest BCUT2D eigenvalue weighted by atomic mass is 9.86. The second-order valence-electron chi connectivity index (χ2n) is 7.65. The highest BCUT2D eigenvalue weighted by Crippen LogP contribution is 2.50. The molecule has 2 aromatic carbocycles. The average molecular weight is 537 g/mol. The van der Waals surface area contributed by atoms with E-state index in [2.05, 4.69) is 9.88 Å². The van der Waals surface area contributed by atoms with Crippen molar-refractivity contribution >= 4 is 56.9 Å². The van der Waals surface area contributed by atoms with Crippen LogP contribution in [-0.2, 0) is 15.2 Å². The van der Waals surface area contributed by atoms with Gasteiger partial charge in [0.25, 0.3) is 11.5 Å². The van der Waals surface area contributed by atoms with Crippen molar-refractivity contribution in [2.24, 2.45) is 5.16 Å². The van der Waals surface area contributed by atoms with Crippen LogP contribution in [0, 0.1) is 5.82 Å². The zero-order chi connectivity index (χ0) is 24.3. The van der Waals surface area contributed by atoms with Crippen LogP contribution in [0.4, 0.5) is 17.6 Å². The molecule has 6 nitrogen and oxygen atoms in total. The molecule has 1 saturated heterocycles. The van der Waals surface area contributed by atoms with Gasteiger partial charge in [-0.15, -0.1) is 11.1 Å². The Morgan fingerprint density at radius 3 is 2.47 bits per heavy atom. The highest BCUT2D eigenvalue weighted by atomic mass is 35.5. The van der Waals surface area contributed by atoms with Crippen LogP contribution >= 0.6 is 34.3 Å². The second-order valence-corrected chi connectivity index (χ2v) is 10.3. The van der Waals surface area contributed by atoms with Crippen molar-refractivity contribution < 1.29 is 36.3 Å². The number of rotatable bonds is 4. The molecule has 0 aliphatic carbocycles. The maximum Gasteiger partial charge on any atom is 0.435 e. The van der Waals surface area contributed by atoms with Crippen LogP contribution in [-0.4, -0.2) is 29.7 Å². The molecule has 5 rings (SSSR count). The summed E-state index contributed by atoms with van der Waals surface area (Å²) in [7, 11) is 0. The molecule has 1 atom stereocenters. The molecule has 1 unspecified atom stereocenters. The molecule has 0 radical (unpaired) electrons. The Morgan fingerprint density at radius 2 is 1.85 bits per heavy atom. The first-order valence-electron chi connectivity index (χ1n) is 9.72. The largest absolute Gasteiger partial charge is 0.463 e. The van der Waals surface area contributed by atoms with E-state index in [1.807, 2.05) is 0 Å². The van der Waals surface area contributed by atoms with E-state index in [4.69, 9.17) is 37.2 Å². The molecule has 0 saturated carbocycles. The highest BCUT2D eigenvalue weighted by molar-refractivity contribution is 8.16. The normalized spacial score (nSPS) is 21.2. The molecule has 1 fully saturated rings. The van der Waals surface area contributed by atoms with Crippen LogP contribution in [0.2, 0.25) is 10.0 Å². The van der Waals surface area contributed by atoms with E-state index in [0.29, 0.717) is 22.8 Å². The number of oxime groups is 1. The first kappa shape index (κ1) is 23.3. The van der Waals surface area contributed by atoms with Gasteiger partial charge in [-0.1, -0.05) is 34.4 Å². The standard InChI is InChI=1S/C21H14Cl2F4N2O4S/c22-14-5-10(6-15(23)17(14)24)20(21(25,26)27)7-16(28-33-20)11-1-2-13(18-12(11)3-4-32-18)19(30)29-34-8-31-9-34/h1-6,34H,7-9H2,(H,29,30). The Kier molecular flexibility index (Phi) is 5.70. The summed E-state index contributed by atoms with van der Waals surface area (Å²) in [6.07, 6.45) is -4.34. The van der Waals surface area contributed by atoms with Gasteiger partial charge in [-0.25, -0.2) is 4.39 Å². The maximum absolute atomic E-state index is 14.3. The highest BCUT2D eigenvalue weighted by Gasteiger charge is 2.62. The van der Waals surface area contributed by atoms with E-state index < -0.39 is 50.7 Å². The molecule has 2 aliphatic heterocycles. The fourth-order valence-corrected chi connectivity index (χ4v) is 5.17. The van der Waals surface area contributed by atoms with Gasteiger partial charge >= 0.3 is 6.18 Å². The van der Waals surface area contributed by atoms with Gasteiger partial charge in [0.05, 0.1) is 39.5 Å². The van der Waals surface area contributed by atoms with E-state index >= 15 is 0 Å². The molecule has 2 aliphatic rings. The molecule has 0 spiro atoms. The summed E-state index contributed by atoms with van der Waals surface area (Å²) in [6.45, 7) is 0. The molecular formula is C21H14Cl2F4N2O4S. The predicted molar refractivity (Wildman–Crippen MR) is 120 cm³/mol. The quantitative estimate of drug-likeness (QED) is 0.242. The van der Waals surface area contributed by atoms with Gasteiger partial charge < -0.3 is 18.7 Å². The first-order valence-corrected chi connectivity index (χ1v) is 12.2. The monoisotopic (exact) mass is 536 g/mol. The van der Waals surface area contributed by atoms with E-state index in [1.54, 1.807) is 0 Å². The van der Waals surface area contributed by atoms with Gasteiger partial charge in [-0.3, -0.25) is 4.79 Å². The van der Waals surface area contributed by atoms with E-state index in [0.717, 1.165) is 12.1 Å². The zero-order valence-electron chi connectivity index (χ0n) is 16.9. The van der Waals surface area contributed by atoms with Gasteiger partial charge in [0.15, 0.2) is 5.82 Å². The van der Waals surface area contributed by atoms with Crippen LogP contribution in [0.1, 0.15) is 27.9 Å². The summed E-state index contributed by atoms with van der Waals surface area (Å²) in [5, 5.41) is 2.96. The van der Waals surface area contributed by atoms with Gasteiger partial charge in [-0.2, -0.15) is 13.2 Å². The Morgan fingerprint density at radius 1 is 1.15 bits per heavy atom. The Labute approximate surface area is 202 Å². The van der Waals surface area contributed by atoms with E-state index in [-0.39, 0.29) is 22.8 Å². The zero-order valence-corrected chi connectivity index (χ0v) is 19.3. The van der Waals surface area contributed by atoms with E-state index in [1.165, 1.54) is 24.5 Å². The number of hydrogen-bond donors (Lipinski definition) is 2. The maximum atomic E-state index is 14.3. The third kappa shape index (κ3) is 3.71. The van der Waals surface area contributed by atoms with Crippen LogP contribution in [0.15, 0.2) is 46.2 Å². The predicted octanol–water partition coefficient (Wildman–Crippen LogP) is 6.05. The fraction of sp³-hybridized carbons (Fsp3) is 0.238. The molecule has 3 aromatic rings. The van der Waals surface area contributed by atoms with Crippen LogP contribution in [0.3, 0.4) is 0 Å². The van der Waals surface area contributed by atoms with Gasteiger partial charge in [-0.05, 0) is 24.3 Å². The number of halogens is 6. The number of ether oxygens (including phenoxy) is 1. The Balaban J connectivity index is 1.52. The van der Waals surface area contributed by atoms with Crippen molar-refractivity contribution in [1.29, 1.82) is 0 Å².